The monoisotopic (exact) mass is 230 g/mol. The lowest BCUT2D eigenvalue weighted by Crippen LogP contribution is -2.13. The van der Waals surface area contributed by atoms with E-state index in [-0.39, 0.29) is 6.04 Å². The highest BCUT2D eigenvalue weighted by atomic mass is 16.5. The molecule has 0 radical (unpaired) electrons. The Bertz CT molecular complexity index is 479. The van der Waals surface area contributed by atoms with Crippen LogP contribution in [0.15, 0.2) is 36.7 Å². The number of hydrogen-bond donors (Lipinski definition) is 1. The van der Waals surface area contributed by atoms with E-state index >= 15 is 0 Å². The maximum absolute atomic E-state index is 6.20. The summed E-state index contributed by atoms with van der Waals surface area (Å²) in [6.07, 6.45) is 4.52. The second-order valence-electron chi connectivity index (χ2n) is 4.04. The van der Waals surface area contributed by atoms with Crippen LogP contribution in [0.2, 0.25) is 0 Å². The van der Waals surface area contributed by atoms with Crippen LogP contribution in [0.4, 0.5) is 0 Å². The van der Waals surface area contributed by atoms with Crippen molar-refractivity contribution in [1.82, 2.24) is 4.98 Å². The molecule has 0 aliphatic heterocycles. The van der Waals surface area contributed by atoms with Gasteiger partial charge in [0.25, 0.3) is 0 Å². The van der Waals surface area contributed by atoms with Gasteiger partial charge in [0.05, 0.1) is 0 Å². The lowest BCUT2D eigenvalue weighted by molar-refractivity contribution is 0.140. The summed E-state index contributed by atoms with van der Waals surface area (Å²) in [5, 5.41) is 2.32. The van der Waals surface area contributed by atoms with E-state index in [1.54, 1.807) is 6.20 Å². The largest absolute Gasteiger partial charge is 0.382 e. The van der Waals surface area contributed by atoms with E-state index in [0.29, 0.717) is 6.61 Å². The first-order chi connectivity index (χ1) is 8.33. The Labute approximate surface area is 102 Å². The van der Waals surface area contributed by atoms with Crippen LogP contribution in [0.25, 0.3) is 10.8 Å². The molecule has 0 aliphatic rings. The molecule has 1 heterocycles. The molecule has 0 saturated heterocycles. The number of nitrogens with two attached hydrogens (primary N) is 1. The maximum Gasteiger partial charge on any atom is 0.0483 e. The third-order valence-corrected chi connectivity index (χ3v) is 2.89. The van der Waals surface area contributed by atoms with Crippen molar-refractivity contribution in [3.05, 3.63) is 42.2 Å². The lowest BCUT2D eigenvalue weighted by atomic mass is 9.99. The second kappa shape index (κ2) is 5.75. The summed E-state index contributed by atoms with van der Waals surface area (Å²) >= 11 is 0. The highest BCUT2D eigenvalue weighted by Crippen LogP contribution is 2.23. The van der Waals surface area contributed by atoms with Crippen LogP contribution in [0, 0.1) is 0 Å². The van der Waals surface area contributed by atoms with Crippen molar-refractivity contribution in [2.75, 3.05) is 13.2 Å². The first-order valence-electron chi connectivity index (χ1n) is 5.99. The maximum atomic E-state index is 6.20. The predicted octanol–water partition coefficient (Wildman–Crippen LogP) is 2.66. The molecule has 1 unspecified atom stereocenters. The highest BCUT2D eigenvalue weighted by Gasteiger charge is 2.09. The van der Waals surface area contributed by atoms with Gasteiger partial charge in [-0.25, -0.2) is 0 Å². The molecule has 2 rings (SSSR count). The van der Waals surface area contributed by atoms with Gasteiger partial charge >= 0.3 is 0 Å². The SMILES string of the molecule is CCOCCC(N)c1cccc2cnccc12. The molecular weight excluding hydrogens is 212 g/mol. The summed E-state index contributed by atoms with van der Waals surface area (Å²) in [5.74, 6) is 0. The van der Waals surface area contributed by atoms with Gasteiger partial charge in [-0.2, -0.15) is 0 Å². The number of ether oxygens (including phenoxy) is 1. The summed E-state index contributed by atoms with van der Waals surface area (Å²) in [4.78, 5) is 4.12. The van der Waals surface area contributed by atoms with Gasteiger partial charge in [0.1, 0.15) is 0 Å². The van der Waals surface area contributed by atoms with Gasteiger partial charge in [-0.1, -0.05) is 18.2 Å². The number of benzene rings is 1. The third kappa shape index (κ3) is 2.81. The van der Waals surface area contributed by atoms with E-state index in [2.05, 4.69) is 17.1 Å². The number of pyridine rings is 1. The van der Waals surface area contributed by atoms with Crippen LogP contribution < -0.4 is 5.73 Å². The van der Waals surface area contributed by atoms with E-state index in [1.807, 2.05) is 25.3 Å². The van der Waals surface area contributed by atoms with Crippen molar-refractivity contribution in [3.8, 4) is 0 Å². The number of nitrogens with zero attached hydrogens (tertiary/aromatic N) is 1. The number of hydrogen-bond acceptors (Lipinski definition) is 3. The molecule has 3 nitrogen and oxygen atoms in total. The Hall–Kier alpha value is -1.45. The lowest BCUT2D eigenvalue weighted by Gasteiger charge is -2.14. The summed E-state index contributed by atoms with van der Waals surface area (Å²) in [5.41, 5.74) is 7.37. The average Bonchev–Trinajstić information content (AvgIpc) is 2.38. The van der Waals surface area contributed by atoms with Gasteiger partial charge in [-0.15, -0.1) is 0 Å². The van der Waals surface area contributed by atoms with Gasteiger partial charge in [0, 0.05) is 37.0 Å². The Kier molecular flexibility index (Phi) is 4.07. The van der Waals surface area contributed by atoms with Crippen LogP contribution >= 0.6 is 0 Å². The Balaban J connectivity index is 2.22. The van der Waals surface area contributed by atoms with Crippen LogP contribution in [-0.2, 0) is 4.74 Å². The van der Waals surface area contributed by atoms with Crippen molar-refractivity contribution in [1.29, 1.82) is 0 Å². The van der Waals surface area contributed by atoms with Gasteiger partial charge in [-0.3, -0.25) is 4.98 Å². The molecule has 0 aliphatic carbocycles. The fourth-order valence-electron chi connectivity index (χ4n) is 1.98. The van der Waals surface area contributed by atoms with Crippen molar-refractivity contribution in [2.45, 2.75) is 19.4 Å². The van der Waals surface area contributed by atoms with E-state index in [9.17, 15) is 0 Å². The normalized spacial score (nSPS) is 12.8. The van der Waals surface area contributed by atoms with Gasteiger partial charge in [-0.05, 0) is 30.4 Å². The van der Waals surface area contributed by atoms with Gasteiger partial charge in [0.15, 0.2) is 0 Å². The molecule has 0 saturated carbocycles. The molecule has 2 N–H and O–H groups in total. The van der Waals surface area contributed by atoms with E-state index < -0.39 is 0 Å². The standard InChI is InChI=1S/C14H18N2O/c1-2-17-9-7-14(15)13-5-3-4-11-10-16-8-6-12(11)13/h3-6,8,10,14H,2,7,9,15H2,1H3. The molecule has 0 bridgehead atoms. The third-order valence-electron chi connectivity index (χ3n) is 2.89. The topological polar surface area (TPSA) is 48.1 Å². The van der Waals surface area contributed by atoms with E-state index in [4.69, 9.17) is 10.5 Å². The molecule has 2 aromatic rings. The summed E-state index contributed by atoms with van der Waals surface area (Å²) in [6.45, 7) is 3.44. The average molecular weight is 230 g/mol. The smallest absolute Gasteiger partial charge is 0.0483 e. The number of fused-ring (bicyclic) bond motifs is 1. The minimum Gasteiger partial charge on any atom is -0.382 e. The summed E-state index contributed by atoms with van der Waals surface area (Å²) in [6, 6.07) is 8.21. The molecule has 1 atom stereocenters. The van der Waals surface area contributed by atoms with Crippen LogP contribution in [0.3, 0.4) is 0 Å². The molecule has 0 fully saturated rings. The molecule has 1 aromatic carbocycles. The molecule has 1 aromatic heterocycles. The first-order valence-corrected chi connectivity index (χ1v) is 5.99. The van der Waals surface area contributed by atoms with E-state index in [1.165, 1.54) is 10.9 Å². The van der Waals surface area contributed by atoms with Crippen molar-refractivity contribution in [2.24, 2.45) is 5.73 Å². The molecule has 3 heteroatoms. The zero-order valence-corrected chi connectivity index (χ0v) is 10.1. The fraction of sp³-hybridized carbons (Fsp3) is 0.357. The Morgan fingerprint density at radius 2 is 2.24 bits per heavy atom. The van der Waals surface area contributed by atoms with Crippen LogP contribution in [0.1, 0.15) is 24.9 Å². The Morgan fingerprint density at radius 1 is 1.35 bits per heavy atom. The number of rotatable bonds is 5. The van der Waals surface area contributed by atoms with Crippen molar-refractivity contribution < 1.29 is 4.74 Å². The highest BCUT2D eigenvalue weighted by molar-refractivity contribution is 5.85. The molecule has 90 valence electrons. The summed E-state index contributed by atoms with van der Waals surface area (Å²) in [7, 11) is 0. The van der Waals surface area contributed by atoms with Gasteiger partial charge < -0.3 is 10.5 Å². The zero-order chi connectivity index (χ0) is 12.1. The Morgan fingerprint density at radius 3 is 3.06 bits per heavy atom. The van der Waals surface area contributed by atoms with Crippen molar-refractivity contribution >= 4 is 10.8 Å². The van der Waals surface area contributed by atoms with Gasteiger partial charge in [0.2, 0.25) is 0 Å². The minimum absolute atomic E-state index is 0.0210. The van der Waals surface area contributed by atoms with Crippen LogP contribution in [-0.4, -0.2) is 18.2 Å². The minimum atomic E-state index is 0.0210. The molecule has 17 heavy (non-hydrogen) atoms. The quantitative estimate of drug-likeness (QED) is 0.803. The number of aromatic nitrogens is 1. The molecule has 0 amide bonds. The zero-order valence-electron chi connectivity index (χ0n) is 10.1. The van der Waals surface area contributed by atoms with Crippen LogP contribution in [0.5, 0.6) is 0 Å². The summed E-state index contributed by atoms with van der Waals surface area (Å²) < 4.78 is 5.35. The molecular formula is C14H18N2O. The van der Waals surface area contributed by atoms with E-state index in [0.717, 1.165) is 18.4 Å². The molecule has 0 spiro atoms. The predicted molar refractivity (Wildman–Crippen MR) is 69.8 cm³/mol. The second-order valence-corrected chi connectivity index (χ2v) is 4.04. The fourth-order valence-corrected chi connectivity index (χ4v) is 1.98. The first kappa shape index (κ1) is 12.0. The van der Waals surface area contributed by atoms with Crippen molar-refractivity contribution in [3.63, 3.8) is 0 Å².